The highest BCUT2D eigenvalue weighted by molar-refractivity contribution is 8.18. The van der Waals surface area contributed by atoms with Crippen molar-refractivity contribution < 1.29 is 9.90 Å². The Morgan fingerprint density at radius 1 is 1.30 bits per heavy atom. The van der Waals surface area contributed by atoms with Gasteiger partial charge in [-0.15, -0.1) is 0 Å². The summed E-state index contributed by atoms with van der Waals surface area (Å²) in [5.74, 6) is 0.139. The standard InChI is InChI=1S/C17H15N3O2S/c1-2-20-16(22)15(10-12-5-7-14(21)8-6-12)23-17(20)19-13-4-3-9-18-11-13/h3-11,21H,2H2,1H3/b15-10-,19-17?. The van der Waals surface area contributed by atoms with Gasteiger partial charge in [-0.2, -0.15) is 0 Å². The summed E-state index contributed by atoms with van der Waals surface area (Å²) >= 11 is 1.34. The maximum Gasteiger partial charge on any atom is 0.266 e. The van der Waals surface area contributed by atoms with E-state index in [-0.39, 0.29) is 11.7 Å². The predicted molar refractivity (Wildman–Crippen MR) is 92.4 cm³/mol. The SMILES string of the molecule is CCN1C(=O)/C(=C/c2ccc(O)cc2)SC1=Nc1cccnc1. The lowest BCUT2D eigenvalue weighted by Gasteiger charge is -2.11. The normalized spacial score (nSPS) is 18.1. The van der Waals surface area contributed by atoms with Crippen molar-refractivity contribution in [1.82, 2.24) is 9.88 Å². The van der Waals surface area contributed by atoms with E-state index in [1.807, 2.05) is 19.1 Å². The summed E-state index contributed by atoms with van der Waals surface area (Å²) in [6.07, 6.45) is 5.15. The van der Waals surface area contributed by atoms with E-state index in [0.717, 1.165) is 5.56 Å². The quantitative estimate of drug-likeness (QED) is 0.878. The number of hydrogen-bond acceptors (Lipinski definition) is 5. The molecule has 0 bridgehead atoms. The molecule has 5 nitrogen and oxygen atoms in total. The average Bonchev–Trinajstić information content (AvgIpc) is 2.85. The first-order chi connectivity index (χ1) is 11.2. The second-order valence-electron chi connectivity index (χ2n) is 4.86. The highest BCUT2D eigenvalue weighted by Gasteiger charge is 2.32. The van der Waals surface area contributed by atoms with Gasteiger partial charge in [-0.05, 0) is 54.6 Å². The number of aromatic hydroxyl groups is 1. The summed E-state index contributed by atoms with van der Waals surface area (Å²) in [6.45, 7) is 2.47. The van der Waals surface area contributed by atoms with Crippen LogP contribution in [0.2, 0.25) is 0 Å². The molecule has 1 saturated heterocycles. The Morgan fingerprint density at radius 2 is 2.09 bits per heavy atom. The molecule has 1 aliphatic rings. The molecular weight excluding hydrogens is 310 g/mol. The molecule has 1 aliphatic heterocycles. The molecule has 1 N–H and O–H groups in total. The summed E-state index contributed by atoms with van der Waals surface area (Å²) in [5, 5.41) is 9.98. The van der Waals surface area contributed by atoms with Crippen molar-refractivity contribution in [2.45, 2.75) is 6.92 Å². The molecule has 1 amide bonds. The fourth-order valence-corrected chi connectivity index (χ4v) is 3.18. The number of thioether (sulfide) groups is 1. The van der Waals surface area contributed by atoms with Gasteiger partial charge in [-0.3, -0.25) is 14.7 Å². The Balaban J connectivity index is 1.91. The van der Waals surface area contributed by atoms with Crippen molar-refractivity contribution in [3.8, 4) is 5.75 Å². The molecule has 116 valence electrons. The number of amides is 1. The van der Waals surface area contributed by atoms with Crippen LogP contribution >= 0.6 is 11.8 Å². The number of benzene rings is 1. The Labute approximate surface area is 138 Å². The number of aliphatic imine (C=N–C) groups is 1. The molecule has 0 spiro atoms. The molecule has 1 aromatic heterocycles. The number of phenolic OH excluding ortho intramolecular Hbond substituents is 1. The fourth-order valence-electron chi connectivity index (χ4n) is 2.12. The van der Waals surface area contributed by atoms with Crippen LogP contribution in [-0.4, -0.2) is 32.6 Å². The molecule has 0 atom stereocenters. The largest absolute Gasteiger partial charge is 0.508 e. The third-order valence-corrected chi connectivity index (χ3v) is 4.27. The predicted octanol–water partition coefficient (Wildman–Crippen LogP) is 3.41. The number of nitrogens with zero attached hydrogens (tertiary/aromatic N) is 3. The number of hydrogen-bond donors (Lipinski definition) is 1. The van der Waals surface area contributed by atoms with Gasteiger partial charge in [0.2, 0.25) is 0 Å². The lowest BCUT2D eigenvalue weighted by Crippen LogP contribution is -2.28. The lowest BCUT2D eigenvalue weighted by molar-refractivity contribution is -0.122. The van der Waals surface area contributed by atoms with Crippen molar-refractivity contribution >= 4 is 34.6 Å². The zero-order valence-electron chi connectivity index (χ0n) is 12.5. The van der Waals surface area contributed by atoms with Gasteiger partial charge in [-0.25, -0.2) is 4.99 Å². The van der Waals surface area contributed by atoms with Crippen LogP contribution in [0.15, 0.2) is 58.7 Å². The third-order valence-electron chi connectivity index (χ3n) is 3.27. The highest BCUT2D eigenvalue weighted by atomic mass is 32.2. The molecule has 0 saturated carbocycles. The molecule has 23 heavy (non-hydrogen) atoms. The number of carbonyl (C=O) groups excluding carboxylic acids is 1. The Kier molecular flexibility index (Phi) is 4.43. The second-order valence-corrected chi connectivity index (χ2v) is 5.87. The van der Waals surface area contributed by atoms with Crippen LogP contribution in [0.4, 0.5) is 5.69 Å². The zero-order valence-corrected chi connectivity index (χ0v) is 13.3. The van der Waals surface area contributed by atoms with Crippen LogP contribution in [0.1, 0.15) is 12.5 Å². The number of phenols is 1. The van der Waals surface area contributed by atoms with Crippen LogP contribution in [0.25, 0.3) is 6.08 Å². The average molecular weight is 325 g/mol. The van der Waals surface area contributed by atoms with Gasteiger partial charge in [0.15, 0.2) is 5.17 Å². The first-order valence-electron chi connectivity index (χ1n) is 7.16. The first kappa shape index (κ1) is 15.3. The number of amidine groups is 1. The molecule has 0 aliphatic carbocycles. The van der Waals surface area contributed by atoms with Gasteiger partial charge in [0.25, 0.3) is 5.91 Å². The second kappa shape index (κ2) is 6.66. The minimum Gasteiger partial charge on any atom is -0.508 e. The number of pyridine rings is 1. The smallest absolute Gasteiger partial charge is 0.266 e. The minimum atomic E-state index is -0.0618. The summed E-state index contributed by atoms with van der Waals surface area (Å²) in [5.41, 5.74) is 1.57. The molecule has 2 aromatic rings. The van der Waals surface area contributed by atoms with Crippen molar-refractivity contribution in [2.24, 2.45) is 4.99 Å². The van der Waals surface area contributed by atoms with E-state index in [9.17, 15) is 9.90 Å². The molecule has 3 rings (SSSR count). The van der Waals surface area contributed by atoms with E-state index in [4.69, 9.17) is 0 Å². The molecule has 2 heterocycles. The van der Waals surface area contributed by atoms with Crippen molar-refractivity contribution in [3.05, 3.63) is 59.3 Å². The zero-order chi connectivity index (χ0) is 16.2. The van der Waals surface area contributed by atoms with Crippen LogP contribution < -0.4 is 0 Å². The summed E-state index contributed by atoms with van der Waals surface area (Å²) < 4.78 is 0. The van der Waals surface area contributed by atoms with Crippen LogP contribution in [0.5, 0.6) is 5.75 Å². The molecule has 0 radical (unpaired) electrons. The van der Waals surface area contributed by atoms with Gasteiger partial charge in [0, 0.05) is 12.7 Å². The number of rotatable bonds is 3. The van der Waals surface area contributed by atoms with Crippen molar-refractivity contribution in [2.75, 3.05) is 6.54 Å². The van der Waals surface area contributed by atoms with E-state index in [1.165, 1.54) is 11.8 Å². The molecule has 0 unspecified atom stereocenters. The first-order valence-corrected chi connectivity index (χ1v) is 7.98. The molecule has 6 heteroatoms. The van der Waals surface area contributed by atoms with Crippen LogP contribution in [0, 0.1) is 0 Å². The maximum absolute atomic E-state index is 12.5. The Hall–Kier alpha value is -2.60. The lowest BCUT2D eigenvalue weighted by atomic mass is 10.2. The number of aromatic nitrogens is 1. The van der Waals surface area contributed by atoms with E-state index in [2.05, 4.69) is 9.98 Å². The molecule has 1 fully saturated rings. The fraction of sp³-hybridized carbons (Fsp3) is 0.118. The topological polar surface area (TPSA) is 65.8 Å². The summed E-state index contributed by atoms with van der Waals surface area (Å²) in [6, 6.07) is 10.4. The third kappa shape index (κ3) is 3.43. The summed E-state index contributed by atoms with van der Waals surface area (Å²) in [7, 11) is 0. The van der Waals surface area contributed by atoms with Gasteiger partial charge < -0.3 is 5.11 Å². The van der Waals surface area contributed by atoms with Crippen molar-refractivity contribution in [3.63, 3.8) is 0 Å². The van der Waals surface area contributed by atoms with E-state index >= 15 is 0 Å². The Morgan fingerprint density at radius 3 is 2.74 bits per heavy atom. The van der Waals surface area contributed by atoms with Gasteiger partial charge in [-0.1, -0.05) is 12.1 Å². The van der Waals surface area contributed by atoms with Gasteiger partial charge in [0.1, 0.15) is 5.75 Å². The van der Waals surface area contributed by atoms with E-state index in [0.29, 0.717) is 22.3 Å². The Bertz CT molecular complexity index is 770. The van der Waals surface area contributed by atoms with Gasteiger partial charge >= 0.3 is 0 Å². The van der Waals surface area contributed by atoms with E-state index in [1.54, 1.807) is 47.6 Å². The van der Waals surface area contributed by atoms with Crippen LogP contribution in [-0.2, 0) is 4.79 Å². The van der Waals surface area contributed by atoms with Gasteiger partial charge in [0.05, 0.1) is 16.8 Å². The van der Waals surface area contributed by atoms with Crippen LogP contribution in [0.3, 0.4) is 0 Å². The molecule has 1 aromatic carbocycles. The van der Waals surface area contributed by atoms with E-state index < -0.39 is 0 Å². The number of carbonyl (C=O) groups is 1. The number of likely N-dealkylation sites (N-methyl/N-ethyl adjacent to an activating group) is 1. The highest BCUT2D eigenvalue weighted by Crippen LogP contribution is 2.33. The minimum absolute atomic E-state index is 0.0618. The van der Waals surface area contributed by atoms with Crippen molar-refractivity contribution in [1.29, 1.82) is 0 Å². The summed E-state index contributed by atoms with van der Waals surface area (Å²) in [4.78, 5) is 23.3. The maximum atomic E-state index is 12.5. The molecular formula is C17H15N3O2S. The monoisotopic (exact) mass is 325 g/mol.